The summed E-state index contributed by atoms with van der Waals surface area (Å²) in [6.45, 7) is 0. The number of anilines is 1. The first-order chi connectivity index (χ1) is 11.5. The van der Waals surface area contributed by atoms with Crippen LogP contribution in [0.15, 0.2) is 47.4 Å². The van der Waals surface area contributed by atoms with Crippen LogP contribution in [0.1, 0.15) is 15.9 Å². The van der Waals surface area contributed by atoms with Crippen LogP contribution in [0.3, 0.4) is 0 Å². The molecule has 0 aliphatic carbocycles. The zero-order valence-electron chi connectivity index (χ0n) is 12.7. The molecular weight excluding hydrogens is 348 g/mol. The number of nitrogens with zero attached hydrogens (tertiary/aromatic N) is 1. The van der Waals surface area contributed by atoms with Gasteiger partial charge in [-0.2, -0.15) is 5.26 Å². The van der Waals surface area contributed by atoms with Gasteiger partial charge >= 0.3 is 5.97 Å². The fourth-order valence-corrected chi connectivity index (χ4v) is 2.93. The molecule has 0 heterocycles. The Labute approximate surface area is 148 Å². The van der Waals surface area contributed by atoms with Gasteiger partial charge in [-0.1, -0.05) is 23.7 Å². The molecule has 0 fully saturated rings. The van der Waals surface area contributed by atoms with Crippen molar-refractivity contribution in [3.63, 3.8) is 0 Å². The van der Waals surface area contributed by atoms with Crippen LogP contribution in [0, 0.1) is 11.3 Å². The van der Waals surface area contributed by atoms with Gasteiger partial charge in [0.05, 0.1) is 29.7 Å². The summed E-state index contributed by atoms with van der Waals surface area (Å²) in [5, 5.41) is 12.1. The fraction of sp³-hybridized carbons (Fsp3) is 0.118. The summed E-state index contributed by atoms with van der Waals surface area (Å²) in [6, 6.07) is 13.5. The second-order valence-electron chi connectivity index (χ2n) is 4.63. The van der Waals surface area contributed by atoms with Crippen LogP contribution in [0.2, 0.25) is 5.02 Å². The number of benzene rings is 2. The molecule has 0 saturated heterocycles. The Bertz CT molecular complexity index is 818. The molecule has 7 heteroatoms. The first-order valence-corrected chi connectivity index (χ1v) is 8.21. The van der Waals surface area contributed by atoms with Gasteiger partial charge in [-0.25, -0.2) is 4.79 Å². The normalized spacial score (nSPS) is 9.88. The molecule has 2 rings (SSSR count). The molecule has 0 aliphatic rings. The Hall–Kier alpha value is -2.49. The third-order valence-corrected chi connectivity index (χ3v) is 4.34. The molecule has 0 radical (unpaired) electrons. The van der Waals surface area contributed by atoms with E-state index in [1.807, 2.05) is 6.07 Å². The number of thioether (sulfide) groups is 1. The molecular formula is C17H13ClN2O3S. The average molecular weight is 361 g/mol. The van der Waals surface area contributed by atoms with E-state index in [4.69, 9.17) is 21.6 Å². The minimum Gasteiger partial charge on any atom is -0.465 e. The van der Waals surface area contributed by atoms with Crippen LogP contribution in [-0.4, -0.2) is 24.7 Å². The number of carbonyl (C=O) groups is 2. The predicted molar refractivity (Wildman–Crippen MR) is 93.3 cm³/mol. The Balaban J connectivity index is 2.06. The Kier molecular flexibility index (Phi) is 6.24. The van der Waals surface area contributed by atoms with Crippen LogP contribution < -0.4 is 5.32 Å². The number of ether oxygens (including phenoxy) is 1. The summed E-state index contributed by atoms with van der Waals surface area (Å²) in [5.74, 6) is -0.690. The highest BCUT2D eigenvalue weighted by Gasteiger charge is 2.13. The summed E-state index contributed by atoms with van der Waals surface area (Å²) >= 11 is 7.09. The molecule has 2 aromatic carbocycles. The van der Waals surface area contributed by atoms with E-state index in [1.165, 1.54) is 31.0 Å². The molecule has 5 nitrogen and oxygen atoms in total. The SMILES string of the molecule is COC(=O)c1ccccc1SCC(=O)Nc1cc(Cl)ccc1C#N. The van der Waals surface area contributed by atoms with Crippen molar-refractivity contribution in [3.05, 3.63) is 58.6 Å². The van der Waals surface area contributed by atoms with Crippen LogP contribution in [0.4, 0.5) is 5.69 Å². The zero-order valence-corrected chi connectivity index (χ0v) is 14.3. The van der Waals surface area contributed by atoms with E-state index < -0.39 is 5.97 Å². The van der Waals surface area contributed by atoms with Crippen molar-refractivity contribution in [1.29, 1.82) is 5.26 Å². The van der Waals surface area contributed by atoms with E-state index in [0.717, 1.165) is 0 Å². The van der Waals surface area contributed by atoms with Crippen LogP contribution >= 0.6 is 23.4 Å². The second-order valence-corrected chi connectivity index (χ2v) is 6.08. The minimum absolute atomic E-state index is 0.0748. The molecule has 122 valence electrons. The maximum Gasteiger partial charge on any atom is 0.338 e. The third-order valence-electron chi connectivity index (χ3n) is 3.03. The molecule has 1 N–H and O–H groups in total. The predicted octanol–water partition coefficient (Wildman–Crippen LogP) is 3.73. The molecule has 2 aromatic rings. The lowest BCUT2D eigenvalue weighted by Crippen LogP contribution is -2.15. The highest BCUT2D eigenvalue weighted by molar-refractivity contribution is 8.00. The van der Waals surface area contributed by atoms with Crippen molar-refractivity contribution in [2.75, 3.05) is 18.2 Å². The topological polar surface area (TPSA) is 79.2 Å². The van der Waals surface area contributed by atoms with Crippen molar-refractivity contribution in [1.82, 2.24) is 0 Å². The summed E-state index contributed by atoms with van der Waals surface area (Å²) in [4.78, 5) is 24.5. The number of amides is 1. The van der Waals surface area contributed by atoms with Crippen molar-refractivity contribution < 1.29 is 14.3 Å². The Morgan fingerprint density at radius 2 is 2.04 bits per heavy atom. The summed E-state index contributed by atoms with van der Waals surface area (Å²) < 4.78 is 4.72. The number of esters is 1. The van der Waals surface area contributed by atoms with Gasteiger partial charge in [0.15, 0.2) is 0 Å². The fourth-order valence-electron chi connectivity index (χ4n) is 1.92. The summed E-state index contributed by atoms with van der Waals surface area (Å²) in [7, 11) is 1.30. The second kappa shape index (κ2) is 8.39. The van der Waals surface area contributed by atoms with Gasteiger partial charge in [-0.3, -0.25) is 4.79 Å². The number of nitrogens with one attached hydrogen (secondary N) is 1. The molecule has 1 amide bonds. The summed E-state index contributed by atoms with van der Waals surface area (Å²) in [5.41, 5.74) is 1.09. The van der Waals surface area contributed by atoms with Crippen molar-refractivity contribution >= 4 is 40.9 Å². The van der Waals surface area contributed by atoms with Gasteiger partial charge in [0.25, 0.3) is 0 Å². The standard InChI is InChI=1S/C17H13ClN2O3S/c1-23-17(22)13-4-2-3-5-15(13)24-10-16(21)20-14-8-12(18)7-6-11(14)9-19/h2-8H,10H2,1H3,(H,20,21). The third kappa shape index (κ3) is 4.51. The van der Waals surface area contributed by atoms with Gasteiger partial charge in [0, 0.05) is 9.92 Å². The van der Waals surface area contributed by atoms with Gasteiger partial charge in [0.2, 0.25) is 5.91 Å². The van der Waals surface area contributed by atoms with Crippen LogP contribution in [0.5, 0.6) is 0 Å². The molecule has 0 unspecified atom stereocenters. The monoisotopic (exact) mass is 360 g/mol. The Morgan fingerprint density at radius 1 is 1.29 bits per heavy atom. The quantitative estimate of drug-likeness (QED) is 0.649. The number of halogens is 1. The molecule has 0 saturated carbocycles. The number of rotatable bonds is 5. The maximum absolute atomic E-state index is 12.1. The molecule has 0 aliphatic heterocycles. The van der Waals surface area contributed by atoms with Gasteiger partial charge in [-0.15, -0.1) is 11.8 Å². The van der Waals surface area contributed by atoms with Crippen molar-refractivity contribution in [3.8, 4) is 6.07 Å². The lowest BCUT2D eigenvalue weighted by Gasteiger charge is -2.09. The van der Waals surface area contributed by atoms with Crippen molar-refractivity contribution in [2.45, 2.75) is 4.90 Å². The summed E-state index contributed by atoms with van der Waals surface area (Å²) in [6.07, 6.45) is 0. The van der Waals surface area contributed by atoms with E-state index in [2.05, 4.69) is 5.32 Å². The van der Waals surface area contributed by atoms with Crippen LogP contribution in [0.25, 0.3) is 0 Å². The van der Waals surface area contributed by atoms with Gasteiger partial charge in [0.1, 0.15) is 6.07 Å². The molecule has 0 aromatic heterocycles. The van der Waals surface area contributed by atoms with E-state index in [1.54, 1.807) is 30.3 Å². The maximum atomic E-state index is 12.1. The smallest absolute Gasteiger partial charge is 0.338 e. The highest BCUT2D eigenvalue weighted by Crippen LogP contribution is 2.24. The average Bonchev–Trinajstić information content (AvgIpc) is 2.59. The van der Waals surface area contributed by atoms with Gasteiger partial charge < -0.3 is 10.1 Å². The zero-order chi connectivity index (χ0) is 17.5. The largest absolute Gasteiger partial charge is 0.465 e. The van der Waals surface area contributed by atoms with Gasteiger partial charge in [-0.05, 0) is 30.3 Å². The number of hydrogen-bond donors (Lipinski definition) is 1. The lowest BCUT2D eigenvalue weighted by molar-refractivity contribution is -0.113. The number of nitriles is 1. The first-order valence-electron chi connectivity index (χ1n) is 6.84. The van der Waals surface area contributed by atoms with E-state index >= 15 is 0 Å². The molecule has 0 spiro atoms. The highest BCUT2D eigenvalue weighted by atomic mass is 35.5. The molecule has 0 atom stereocenters. The minimum atomic E-state index is -0.458. The van der Waals surface area contributed by atoms with E-state index in [-0.39, 0.29) is 11.7 Å². The molecule has 0 bridgehead atoms. The van der Waals surface area contributed by atoms with Crippen LogP contribution in [-0.2, 0) is 9.53 Å². The molecule has 24 heavy (non-hydrogen) atoms. The lowest BCUT2D eigenvalue weighted by atomic mass is 10.2. The van der Waals surface area contributed by atoms with E-state index in [0.29, 0.717) is 26.7 Å². The number of methoxy groups -OCH3 is 1. The van der Waals surface area contributed by atoms with Crippen molar-refractivity contribution in [2.24, 2.45) is 0 Å². The van der Waals surface area contributed by atoms with E-state index in [9.17, 15) is 9.59 Å². The number of hydrogen-bond acceptors (Lipinski definition) is 5. The number of carbonyl (C=O) groups excluding carboxylic acids is 2. The Morgan fingerprint density at radius 3 is 2.75 bits per heavy atom. The first kappa shape index (κ1) is 17.9.